The number of carbonyl (C=O) groups excluding carboxylic acids is 1. The first-order valence-corrected chi connectivity index (χ1v) is 11.6. The minimum absolute atomic E-state index is 0.0234. The molecule has 1 aromatic carbocycles. The highest BCUT2D eigenvalue weighted by atomic mass is 19.3. The van der Waals surface area contributed by atoms with Crippen molar-refractivity contribution in [3.63, 3.8) is 0 Å². The van der Waals surface area contributed by atoms with Crippen LogP contribution in [0, 0.1) is 30.5 Å². The van der Waals surface area contributed by atoms with E-state index in [4.69, 9.17) is 0 Å². The van der Waals surface area contributed by atoms with E-state index in [0.29, 0.717) is 37.0 Å². The van der Waals surface area contributed by atoms with E-state index >= 15 is 0 Å². The number of aryl methyl sites for hydroxylation is 1. The number of nitrogens with zero attached hydrogens (tertiary/aromatic N) is 5. The lowest BCUT2D eigenvalue weighted by Crippen LogP contribution is -2.40. The molecule has 5 rings (SSSR count). The van der Waals surface area contributed by atoms with Crippen molar-refractivity contribution in [3.8, 4) is 12.8 Å². The molecule has 2 atom stereocenters. The molecular weight excluding hydrogens is 457 g/mol. The molecule has 0 radical (unpaired) electrons. The van der Waals surface area contributed by atoms with Crippen LogP contribution in [0.3, 0.4) is 0 Å². The SMILES string of the molecule is C#C.CCc1nnc2nc(NCc3cccc(C(F)F)c3F)c3c(n12)CN(C(=O)C1CCC1C)C3. The van der Waals surface area contributed by atoms with Crippen LogP contribution in [0.5, 0.6) is 0 Å². The smallest absolute Gasteiger partial charge is 0.266 e. The number of aromatic nitrogens is 4. The van der Waals surface area contributed by atoms with Gasteiger partial charge in [-0.3, -0.25) is 9.20 Å². The van der Waals surface area contributed by atoms with Crippen LogP contribution in [0.1, 0.15) is 61.3 Å². The number of anilines is 1. The number of nitrogens with one attached hydrogen (secondary N) is 1. The van der Waals surface area contributed by atoms with Crippen LogP contribution < -0.4 is 5.32 Å². The Hall–Kier alpha value is -3.61. The summed E-state index contributed by atoms with van der Waals surface area (Å²) in [4.78, 5) is 19.5. The average molecular weight is 485 g/mol. The van der Waals surface area contributed by atoms with E-state index in [2.05, 4.69) is 40.3 Å². The Morgan fingerprint density at radius 2 is 2.00 bits per heavy atom. The van der Waals surface area contributed by atoms with Crippen molar-refractivity contribution in [1.29, 1.82) is 0 Å². The zero-order chi connectivity index (χ0) is 25.3. The van der Waals surface area contributed by atoms with Crippen molar-refractivity contribution in [2.45, 2.75) is 59.2 Å². The first-order chi connectivity index (χ1) is 16.9. The topological polar surface area (TPSA) is 75.4 Å². The van der Waals surface area contributed by atoms with Gasteiger partial charge in [0.1, 0.15) is 17.5 Å². The molecule has 1 saturated carbocycles. The Bertz CT molecular complexity index is 1270. The first kappa shape index (κ1) is 24.5. The van der Waals surface area contributed by atoms with Crippen LogP contribution in [0.4, 0.5) is 19.0 Å². The van der Waals surface area contributed by atoms with Crippen LogP contribution in [0.15, 0.2) is 18.2 Å². The lowest BCUT2D eigenvalue weighted by atomic mass is 9.74. The van der Waals surface area contributed by atoms with Gasteiger partial charge in [0.05, 0.1) is 24.3 Å². The molecular formula is C25H27F3N6O. The predicted octanol–water partition coefficient (Wildman–Crippen LogP) is 4.51. The van der Waals surface area contributed by atoms with Crippen LogP contribution >= 0.6 is 0 Å². The Balaban J connectivity index is 0.00000141. The van der Waals surface area contributed by atoms with E-state index in [-0.39, 0.29) is 23.9 Å². The van der Waals surface area contributed by atoms with Crippen LogP contribution in [0.2, 0.25) is 0 Å². The third-order valence-corrected chi connectivity index (χ3v) is 6.87. The fraction of sp³-hybridized carbons (Fsp3) is 0.440. The summed E-state index contributed by atoms with van der Waals surface area (Å²) in [5.41, 5.74) is 1.20. The number of rotatable bonds is 6. The van der Waals surface area contributed by atoms with Crippen molar-refractivity contribution in [2.24, 2.45) is 11.8 Å². The number of carbonyl (C=O) groups is 1. The maximum absolute atomic E-state index is 14.5. The number of alkyl halides is 2. The number of hydrogen-bond acceptors (Lipinski definition) is 5. The predicted molar refractivity (Wildman–Crippen MR) is 125 cm³/mol. The van der Waals surface area contributed by atoms with E-state index < -0.39 is 17.8 Å². The first-order valence-electron chi connectivity index (χ1n) is 11.6. The standard InChI is InChI=1S/C23H25F3N6O.C2H2/c1-3-18-29-30-23-28-21(27-9-13-5-4-6-15(19(13)24)20(25)26)16-10-31(11-17(16)32(18)23)22(33)14-8-7-12(14)2;1-2/h4-6,12,14,20H,3,7-11H2,1-2H3,(H,27,28,30);1-2H. The summed E-state index contributed by atoms with van der Waals surface area (Å²) in [5, 5.41) is 11.5. The quantitative estimate of drug-likeness (QED) is 0.521. The normalized spacial score (nSPS) is 18.7. The van der Waals surface area contributed by atoms with Gasteiger partial charge in [0.15, 0.2) is 0 Å². The van der Waals surface area contributed by atoms with E-state index in [1.165, 1.54) is 12.1 Å². The van der Waals surface area contributed by atoms with Gasteiger partial charge in [0.2, 0.25) is 5.91 Å². The molecule has 1 N–H and O–H groups in total. The lowest BCUT2D eigenvalue weighted by Gasteiger charge is -2.35. The van der Waals surface area contributed by atoms with Gasteiger partial charge in [-0.1, -0.05) is 32.0 Å². The average Bonchev–Trinajstić information content (AvgIpc) is 3.47. The molecule has 2 aromatic heterocycles. The van der Waals surface area contributed by atoms with Gasteiger partial charge in [-0.05, 0) is 18.8 Å². The van der Waals surface area contributed by atoms with Gasteiger partial charge in [-0.25, -0.2) is 13.2 Å². The zero-order valence-electron chi connectivity index (χ0n) is 19.6. The Morgan fingerprint density at radius 3 is 2.63 bits per heavy atom. The molecule has 1 fully saturated rings. The summed E-state index contributed by atoms with van der Waals surface area (Å²) in [7, 11) is 0. The van der Waals surface area contributed by atoms with E-state index in [1.807, 2.05) is 16.2 Å². The van der Waals surface area contributed by atoms with Crippen LogP contribution in [-0.4, -0.2) is 30.4 Å². The second kappa shape index (κ2) is 9.94. The van der Waals surface area contributed by atoms with Gasteiger partial charge >= 0.3 is 0 Å². The molecule has 1 amide bonds. The van der Waals surface area contributed by atoms with Crippen molar-refractivity contribution in [2.75, 3.05) is 5.32 Å². The third-order valence-electron chi connectivity index (χ3n) is 6.87. The fourth-order valence-electron chi connectivity index (χ4n) is 4.74. The number of halogens is 3. The Kier molecular flexibility index (Phi) is 6.96. The summed E-state index contributed by atoms with van der Waals surface area (Å²) >= 11 is 0. The fourth-order valence-corrected chi connectivity index (χ4v) is 4.74. The highest BCUT2D eigenvalue weighted by Crippen LogP contribution is 2.38. The second-order valence-electron chi connectivity index (χ2n) is 8.82. The highest BCUT2D eigenvalue weighted by Gasteiger charge is 2.39. The lowest BCUT2D eigenvalue weighted by molar-refractivity contribution is -0.141. The molecule has 1 aliphatic carbocycles. The molecule has 35 heavy (non-hydrogen) atoms. The summed E-state index contributed by atoms with van der Waals surface area (Å²) in [5.74, 6) is 1.23. The molecule has 3 aromatic rings. The summed E-state index contributed by atoms with van der Waals surface area (Å²) in [6, 6.07) is 3.96. The van der Waals surface area contributed by atoms with Gasteiger partial charge in [-0.2, -0.15) is 4.98 Å². The van der Waals surface area contributed by atoms with Crippen molar-refractivity contribution < 1.29 is 18.0 Å². The molecule has 3 heterocycles. The number of amides is 1. The molecule has 2 aliphatic rings. The maximum Gasteiger partial charge on any atom is 0.266 e. The van der Waals surface area contributed by atoms with Crippen molar-refractivity contribution in [3.05, 3.63) is 52.2 Å². The highest BCUT2D eigenvalue weighted by molar-refractivity contribution is 5.81. The van der Waals surface area contributed by atoms with E-state index in [0.717, 1.165) is 36.0 Å². The maximum atomic E-state index is 14.5. The van der Waals surface area contributed by atoms with Gasteiger partial charge in [0, 0.05) is 30.0 Å². The van der Waals surface area contributed by atoms with Gasteiger partial charge in [0.25, 0.3) is 12.2 Å². The minimum Gasteiger partial charge on any atom is -0.365 e. The molecule has 0 bridgehead atoms. The van der Waals surface area contributed by atoms with Gasteiger partial charge < -0.3 is 10.2 Å². The molecule has 0 saturated heterocycles. The summed E-state index contributed by atoms with van der Waals surface area (Å²) < 4.78 is 42.6. The summed E-state index contributed by atoms with van der Waals surface area (Å²) in [6.45, 7) is 4.85. The Labute approximate surface area is 201 Å². The zero-order valence-corrected chi connectivity index (χ0v) is 19.6. The number of fused-ring (bicyclic) bond motifs is 3. The minimum atomic E-state index is -2.89. The number of terminal acetylenes is 1. The second-order valence-corrected chi connectivity index (χ2v) is 8.82. The third kappa shape index (κ3) is 4.31. The number of hydrogen-bond donors (Lipinski definition) is 1. The molecule has 7 nitrogen and oxygen atoms in total. The Morgan fingerprint density at radius 1 is 1.23 bits per heavy atom. The van der Waals surface area contributed by atoms with Crippen LogP contribution in [-0.2, 0) is 30.8 Å². The summed E-state index contributed by atoms with van der Waals surface area (Å²) in [6.07, 6.45) is 7.73. The van der Waals surface area contributed by atoms with Gasteiger partial charge in [-0.15, -0.1) is 23.0 Å². The molecule has 1 aliphatic heterocycles. The largest absolute Gasteiger partial charge is 0.365 e. The number of benzene rings is 1. The molecule has 0 spiro atoms. The van der Waals surface area contributed by atoms with Crippen LogP contribution in [0.25, 0.3) is 5.78 Å². The monoisotopic (exact) mass is 484 g/mol. The molecule has 2 unspecified atom stereocenters. The molecule has 10 heteroatoms. The van der Waals surface area contributed by atoms with Crippen molar-refractivity contribution in [1.82, 2.24) is 24.5 Å². The molecule has 184 valence electrons. The van der Waals surface area contributed by atoms with E-state index in [1.54, 1.807) is 0 Å². The van der Waals surface area contributed by atoms with Crippen molar-refractivity contribution >= 4 is 17.5 Å². The van der Waals surface area contributed by atoms with E-state index in [9.17, 15) is 18.0 Å².